The molecule has 0 aliphatic carbocycles. The molecular weight excluding hydrogens is 136 g/mol. The molecule has 56 valence electrons. The van der Waals surface area contributed by atoms with Crippen LogP contribution in [-0.4, -0.2) is 17.4 Å². The summed E-state index contributed by atoms with van der Waals surface area (Å²) in [6.07, 6.45) is 0.264. The lowest BCUT2D eigenvalue weighted by molar-refractivity contribution is -0.117. The standard InChI is InChI=1S/C5H8N2O3/c1-3(9)4(5(6)10)7-2-8/h2,9H,1H3,(H2,6,10)(H,7,8). The number of carbonyl (C=O) groups is 2. The van der Waals surface area contributed by atoms with Crippen LogP contribution in [0.15, 0.2) is 11.5 Å². The first-order valence-corrected chi connectivity index (χ1v) is 2.49. The highest BCUT2D eigenvalue weighted by molar-refractivity contribution is 5.93. The summed E-state index contributed by atoms with van der Waals surface area (Å²) in [6, 6.07) is 0. The fourth-order valence-electron chi connectivity index (χ4n) is 0.413. The molecule has 5 heteroatoms. The SMILES string of the molecule is CC(O)=C(NC=O)C(N)=O. The molecule has 0 heterocycles. The van der Waals surface area contributed by atoms with Crippen molar-refractivity contribution >= 4 is 12.3 Å². The van der Waals surface area contributed by atoms with Gasteiger partial charge in [-0.25, -0.2) is 0 Å². The van der Waals surface area contributed by atoms with Gasteiger partial charge in [-0.05, 0) is 6.92 Å². The molecule has 0 saturated carbocycles. The van der Waals surface area contributed by atoms with E-state index in [9.17, 15) is 9.59 Å². The highest BCUT2D eigenvalue weighted by atomic mass is 16.3. The predicted octanol–water partition coefficient (Wildman–Crippen LogP) is -0.993. The molecule has 0 fully saturated rings. The van der Waals surface area contributed by atoms with Crippen LogP contribution < -0.4 is 11.1 Å². The molecule has 0 unspecified atom stereocenters. The molecule has 0 aromatic heterocycles. The fourth-order valence-corrected chi connectivity index (χ4v) is 0.413. The normalized spacial score (nSPS) is 11.7. The van der Waals surface area contributed by atoms with Crippen LogP contribution in [0.3, 0.4) is 0 Å². The zero-order chi connectivity index (χ0) is 8.15. The van der Waals surface area contributed by atoms with Crippen LogP contribution in [0.25, 0.3) is 0 Å². The van der Waals surface area contributed by atoms with Crippen molar-refractivity contribution in [2.24, 2.45) is 5.73 Å². The molecule has 0 aliphatic heterocycles. The molecular formula is C5H8N2O3. The molecule has 0 spiro atoms. The average Bonchev–Trinajstić information content (AvgIpc) is 1.81. The number of carbonyl (C=O) groups excluding carboxylic acids is 2. The second-order valence-electron chi connectivity index (χ2n) is 1.59. The van der Waals surface area contributed by atoms with Gasteiger partial charge < -0.3 is 16.2 Å². The second kappa shape index (κ2) is 3.49. The van der Waals surface area contributed by atoms with Gasteiger partial charge in [-0.1, -0.05) is 0 Å². The molecule has 2 amide bonds. The Morgan fingerprint density at radius 2 is 2.20 bits per heavy atom. The third-order valence-electron chi connectivity index (χ3n) is 0.811. The van der Waals surface area contributed by atoms with E-state index >= 15 is 0 Å². The summed E-state index contributed by atoms with van der Waals surface area (Å²) < 4.78 is 0. The third-order valence-corrected chi connectivity index (χ3v) is 0.811. The van der Waals surface area contributed by atoms with Gasteiger partial charge in [0, 0.05) is 0 Å². The van der Waals surface area contributed by atoms with Gasteiger partial charge in [-0.2, -0.15) is 0 Å². The molecule has 5 nitrogen and oxygen atoms in total. The molecule has 0 atom stereocenters. The van der Waals surface area contributed by atoms with Gasteiger partial charge >= 0.3 is 0 Å². The van der Waals surface area contributed by atoms with Crippen LogP contribution in [0.2, 0.25) is 0 Å². The summed E-state index contributed by atoms with van der Waals surface area (Å²) >= 11 is 0. The topological polar surface area (TPSA) is 92.4 Å². The van der Waals surface area contributed by atoms with Gasteiger partial charge in [0.25, 0.3) is 5.91 Å². The number of hydrogen-bond donors (Lipinski definition) is 3. The molecule has 0 aromatic carbocycles. The first kappa shape index (κ1) is 8.48. The van der Waals surface area contributed by atoms with E-state index in [0.29, 0.717) is 0 Å². The molecule has 0 bridgehead atoms. The van der Waals surface area contributed by atoms with E-state index in [4.69, 9.17) is 10.8 Å². The largest absolute Gasteiger partial charge is 0.510 e. The van der Waals surface area contributed by atoms with Gasteiger partial charge in [0.1, 0.15) is 11.5 Å². The number of amides is 2. The number of aliphatic hydroxyl groups is 1. The van der Waals surface area contributed by atoms with Crippen molar-refractivity contribution in [3.63, 3.8) is 0 Å². The third kappa shape index (κ3) is 2.17. The van der Waals surface area contributed by atoms with Crippen molar-refractivity contribution in [2.45, 2.75) is 6.92 Å². The zero-order valence-electron chi connectivity index (χ0n) is 5.42. The minimum Gasteiger partial charge on any atom is -0.510 e. The number of aliphatic hydroxyl groups excluding tert-OH is 1. The van der Waals surface area contributed by atoms with Gasteiger partial charge in [-0.15, -0.1) is 0 Å². The number of primary amides is 1. The summed E-state index contributed by atoms with van der Waals surface area (Å²) in [5, 5.41) is 10.6. The van der Waals surface area contributed by atoms with Crippen LogP contribution in [0.5, 0.6) is 0 Å². The maximum absolute atomic E-state index is 10.3. The van der Waals surface area contributed by atoms with Gasteiger partial charge in [0.15, 0.2) is 0 Å². The molecule has 0 radical (unpaired) electrons. The Hall–Kier alpha value is -1.52. The van der Waals surface area contributed by atoms with Gasteiger partial charge in [-0.3, -0.25) is 9.59 Å². The number of nitrogens with one attached hydrogen (secondary N) is 1. The van der Waals surface area contributed by atoms with Crippen LogP contribution in [0, 0.1) is 0 Å². The van der Waals surface area contributed by atoms with Crippen molar-refractivity contribution in [1.82, 2.24) is 5.32 Å². The monoisotopic (exact) mass is 144 g/mol. The second-order valence-corrected chi connectivity index (χ2v) is 1.59. The first-order valence-electron chi connectivity index (χ1n) is 2.49. The lowest BCUT2D eigenvalue weighted by atomic mass is 10.3. The molecule has 10 heavy (non-hydrogen) atoms. The summed E-state index contributed by atoms with van der Waals surface area (Å²) in [5.74, 6) is -1.17. The van der Waals surface area contributed by atoms with E-state index in [-0.39, 0.29) is 17.9 Å². The van der Waals surface area contributed by atoms with Crippen molar-refractivity contribution in [3.8, 4) is 0 Å². The first-order chi connectivity index (χ1) is 4.59. The Balaban J connectivity index is 4.42. The number of nitrogens with two attached hydrogens (primary N) is 1. The van der Waals surface area contributed by atoms with Crippen molar-refractivity contribution < 1.29 is 14.7 Å². The summed E-state index contributed by atoms with van der Waals surface area (Å²) in [6.45, 7) is 1.25. The predicted molar refractivity (Wildman–Crippen MR) is 33.7 cm³/mol. The van der Waals surface area contributed by atoms with E-state index in [2.05, 4.69) is 0 Å². The van der Waals surface area contributed by atoms with E-state index in [1.165, 1.54) is 6.92 Å². The van der Waals surface area contributed by atoms with E-state index in [1.807, 2.05) is 5.32 Å². The Bertz CT molecular complexity index is 181. The van der Waals surface area contributed by atoms with E-state index in [1.54, 1.807) is 0 Å². The Morgan fingerprint density at radius 3 is 2.30 bits per heavy atom. The Labute approximate surface area is 57.5 Å². The van der Waals surface area contributed by atoms with Crippen LogP contribution in [0.4, 0.5) is 0 Å². The lowest BCUT2D eigenvalue weighted by Gasteiger charge is -1.99. The van der Waals surface area contributed by atoms with Crippen LogP contribution in [0.1, 0.15) is 6.92 Å². The summed E-state index contributed by atoms with van der Waals surface area (Å²) in [4.78, 5) is 20.1. The summed E-state index contributed by atoms with van der Waals surface area (Å²) in [7, 11) is 0. The lowest BCUT2D eigenvalue weighted by Crippen LogP contribution is -2.26. The maximum atomic E-state index is 10.3. The van der Waals surface area contributed by atoms with Gasteiger partial charge in [0.05, 0.1) is 0 Å². The number of allylic oxidation sites excluding steroid dienone is 1. The van der Waals surface area contributed by atoms with Crippen molar-refractivity contribution in [3.05, 3.63) is 11.5 Å². The highest BCUT2D eigenvalue weighted by Gasteiger charge is 2.06. The summed E-state index contributed by atoms with van der Waals surface area (Å²) in [5.41, 5.74) is 4.46. The fraction of sp³-hybridized carbons (Fsp3) is 0.200. The number of hydrogen-bond acceptors (Lipinski definition) is 3. The number of rotatable bonds is 3. The van der Waals surface area contributed by atoms with E-state index in [0.717, 1.165) is 0 Å². The van der Waals surface area contributed by atoms with Gasteiger partial charge in [0.2, 0.25) is 6.41 Å². The highest BCUT2D eigenvalue weighted by Crippen LogP contribution is 1.92. The van der Waals surface area contributed by atoms with E-state index < -0.39 is 5.91 Å². The smallest absolute Gasteiger partial charge is 0.268 e. The molecule has 0 saturated heterocycles. The van der Waals surface area contributed by atoms with Crippen molar-refractivity contribution in [2.75, 3.05) is 0 Å². The quantitative estimate of drug-likeness (QED) is 0.269. The average molecular weight is 144 g/mol. The molecule has 4 N–H and O–H groups in total. The Morgan fingerprint density at radius 1 is 1.70 bits per heavy atom. The van der Waals surface area contributed by atoms with Crippen molar-refractivity contribution in [1.29, 1.82) is 0 Å². The van der Waals surface area contributed by atoms with Crippen LogP contribution in [-0.2, 0) is 9.59 Å². The molecule has 0 aliphatic rings. The minimum atomic E-state index is -0.868. The zero-order valence-corrected chi connectivity index (χ0v) is 5.42. The molecule has 0 aromatic rings. The maximum Gasteiger partial charge on any atom is 0.268 e. The molecule has 0 rings (SSSR count). The minimum absolute atomic E-state index is 0.264. The Kier molecular flexibility index (Phi) is 2.96. The van der Waals surface area contributed by atoms with Crippen LogP contribution >= 0.6 is 0 Å².